The molecule has 16 heavy (non-hydrogen) atoms. The Morgan fingerprint density at radius 3 is 2.12 bits per heavy atom. The van der Waals surface area contributed by atoms with Crippen LogP contribution >= 0.6 is 0 Å². The van der Waals surface area contributed by atoms with E-state index in [1.54, 1.807) is 7.05 Å². The first-order chi connectivity index (χ1) is 7.63. The number of halogens is 3. The Kier molecular flexibility index (Phi) is 3.19. The molecule has 2 rings (SSSR count). The molecule has 1 aliphatic carbocycles. The summed E-state index contributed by atoms with van der Waals surface area (Å²) in [5, 5.41) is 3.04. The topological polar surface area (TPSA) is 12.0 Å². The zero-order chi connectivity index (χ0) is 11.7. The molecule has 1 saturated carbocycles. The van der Waals surface area contributed by atoms with E-state index in [1.807, 2.05) is 0 Å². The van der Waals surface area contributed by atoms with E-state index >= 15 is 0 Å². The van der Waals surface area contributed by atoms with Crippen LogP contribution in [0, 0.1) is 23.4 Å². The zero-order valence-corrected chi connectivity index (χ0v) is 9.06. The van der Waals surface area contributed by atoms with Gasteiger partial charge in [-0.15, -0.1) is 0 Å². The van der Waals surface area contributed by atoms with Gasteiger partial charge in [0.05, 0.1) is 0 Å². The molecule has 1 atom stereocenters. The lowest BCUT2D eigenvalue weighted by molar-refractivity contribution is 0.238. The summed E-state index contributed by atoms with van der Waals surface area (Å²) < 4.78 is 39.0. The summed E-state index contributed by atoms with van der Waals surface area (Å²) in [4.78, 5) is 0. The van der Waals surface area contributed by atoms with Crippen LogP contribution in [-0.4, -0.2) is 7.05 Å². The van der Waals surface area contributed by atoms with Gasteiger partial charge in [-0.3, -0.25) is 0 Å². The van der Waals surface area contributed by atoms with Crippen LogP contribution in [0.4, 0.5) is 13.2 Å². The number of nitrogens with one attached hydrogen (secondary N) is 1. The highest BCUT2D eigenvalue weighted by Gasteiger charge is 2.28. The van der Waals surface area contributed by atoms with Crippen molar-refractivity contribution in [2.75, 3.05) is 7.05 Å². The van der Waals surface area contributed by atoms with Crippen LogP contribution < -0.4 is 5.32 Å². The van der Waals surface area contributed by atoms with Gasteiger partial charge >= 0.3 is 0 Å². The minimum Gasteiger partial charge on any atom is -0.313 e. The van der Waals surface area contributed by atoms with Crippen molar-refractivity contribution in [3.8, 4) is 0 Å². The molecule has 1 nitrogen and oxygen atoms in total. The van der Waals surface area contributed by atoms with E-state index in [-0.39, 0.29) is 6.04 Å². The van der Waals surface area contributed by atoms with Crippen LogP contribution in [0.2, 0.25) is 0 Å². The Labute approximate surface area is 92.7 Å². The number of hydrogen-bond donors (Lipinski definition) is 1. The molecule has 1 N–H and O–H groups in total. The van der Waals surface area contributed by atoms with Gasteiger partial charge in [0.15, 0.2) is 17.5 Å². The van der Waals surface area contributed by atoms with Gasteiger partial charge in [-0.1, -0.05) is 6.42 Å². The Morgan fingerprint density at radius 1 is 1.19 bits per heavy atom. The van der Waals surface area contributed by atoms with Crippen LogP contribution in [0.15, 0.2) is 12.1 Å². The number of benzene rings is 1. The summed E-state index contributed by atoms with van der Waals surface area (Å²) in [5.74, 6) is -3.23. The number of rotatable bonds is 3. The highest BCUT2D eigenvalue weighted by Crippen LogP contribution is 2.38. The highest BCUT2D eigenvalue weighted by atomic mass is 19.2. The maximum absolute atomic E-state index is 13.1. The third-order valence-corrected chi connectivity index (χ3v) is 3.30. The second kappa shape index (κ2) is 4.45. The predicted octanol–water partition coefficient (Wildman–Crippen LogP) is 3.16. The van der Waals surface area contributed by atoms with Gasteiger partial charge in [-0.05, 0) is 43.5 Å². The normalized spacial score (nSPS) is 18.2. The summed E-state index contributed by atoms with van der Waals surface area (Å²) in [6.07, 6.45) is 3.24. The maximum Gasteiger partial charge on any atom is 0.194 e. The third-order valence-electron chi connectivity index (χ3n) is 3.30. The van der Waals surface area contributed by atoms with Crippen LogP contribution in [0.3, 0.4) is 0 Å². The minimum atomic E-state index is -1.40. The van der Waals surface area contributed by atoms with Crippen LogP contribution in [0.5, 0.6) is 0 Å². The van der Waals surface area contributed by atoms with E-state index in [9.17, 15) is 13.2 Å². The lowest BCUT2D eigenvalue weighted by Crippen LogP contribution is -2.30. The molecule has 0 aliphatic heterocycles. The van der Waals surface area contributed by atoms with Crippen molar-refractivity contribution < 1.29 is 13.2 Å². The van der Waals surface area contributed by atoms with Gasteiger partial charge in [-0.25, -0.2) is 13.2 Å². The van der Waals surface area contributed by atoms with Crippen molar-refractivity contribution >= 4 is 0 Å². The van der Waals surface area contributed by atoms with Crippen molar-refractivity contribution in [2.24, 2.45) is 5.92 Å². The molecule has 0 saturated heterocycles. The smallest absolute Gasteiger partial charge is 0.194 e. The summed E-state index contributed by atoms with van der Waals surface area (Å²) in [7, 11) is 1.75. The fourth-order valence-corrected chi connectivity index (χ4v) is 2.20. The second-order valence-corrected chi connectivity index (χ2v) is 4.26. The molecule has 0 radical (unpaired) electrons. The van der Waals surface area contributed by atoms with Crippen LogP contribution in [-0.2, 0) is 0 Å². The molecular formula is C12H14F3N. The molecule has 4 heteroatoms. The monoisotopic (exact) mass is 229 g/mol. The average Bonchev–Trinajstić information content (AvgIpc) is 2.18. The SMILES string of the molecule is CNC(c1cc(F)c(F)c(F)c1)C1CCC1. The van der Waals surface area contributed by atoms with Gasteiger partial charge in [0, 0.05) is 6.04 Å². The summed E-state index contributed by atoms with van der Waals surface area (Å²) in [6, 6.07) is 2.08. The molecule has 0 amide bonds. The first kappa shape index (κ1) is 11.5. The number of hydrogen-bond acceptors (Lipinski definition) is 1. The molecule has 1 unspecified atom stereocenters. The van der Waals surface area contributed by atoms with Crippen molar-refractivity contribution in [3.63, 3.8) is 0 Å². The fraction of sp³-hybridized carbons (Fsp3) is 0.500. The Hall–Kier alpha value is -1.03. The van der Waals surface area contributed by atoms with Crippen LogP contribution in [0.25, 0.3) is 0 Å². The average molecular weight is 229 g/mol. The van der Waals surface area contributed by atoms with Gasteiger partial charge < -0.3 is 5.32 Å². The highest BCUT2D eigenvalue weighted by molar-refractivity contribution is 5.23. The standard InChI is InChI=1S/C12H14F3N/c1-16-12(7-3-2-4-7)8-5-9(13)11(15)10(14)6-8/h5-7,12,16H,2-4H2,1H3. The van der Waals surface area contributed by atoms with Gasteiger partial charge in [-0.2, -0.15) is 0 Å². The van der Waals surface area contributed by atoms with E-state index in [2.05, 4.69) is 5.32 Å². The van der Waals surface area contributed by atoms with Gasteiger partial charge in [0.25, 0.3) is 0 Å². The molecule has 1 aromatic carbocycles. The summed E-state index contributed by atoms with van der Waals surface area (Å²) in [5.41, 5.74) is 0.489. The quantitative estimate of drug-likeness (QED) is 0.785. The van der Waals surface area contributed by atoms with E-state index < -0.39 is 17.5 Å². The van der Waals surface area contributed by atoms with Crippen molar-refractivity contribution in [2.45, 2.75) is 25.3 Å². The van der Waals surface area contributed by atoms with E-state index in [4.69, 9.17) is 0 Å². The lowest BCUT2D eigenvalue weighted by Gasteiger charge is -2.34. The van der Waals surface area contributed by atoms with Gasteiger partial charge in [0.1, 0.15) is 0 Å². The Morgan fingerprint density at radius 2 is 1.75 bits per heavy atom. The fourth-order valence-electron chi connectivity index (χ4n) is 2.20. The van der Waals surface area contributed by atoms with Crippen molar-refractivity contribution in [1.29, 1.82) is 0 Å². The second-order valence-electron chi connectivity index (χ2n) is 4.26. The predicted molar refractivity (Wildman–Crippen MR) is 55.5 cm³/mol. The molecule has 0 spiro atoms. The van der Waals surface area contributed by atoms with Crippen molar-refractivity contribution in [1.82, 2.24) is 5.32 Å². The zero-order valence-electron chi connectivity index (χ0n) is 9.06. The molecule has 1 aromatic rings. The first-order valence-electron chi connectivity index (χ1n) is 5.45. The third kappa shape index (κ3) is 1.94. The maximum atomic E-state index is 13.1. The molecular weight excluding hydrogens is 215 g/mol. The van der Waals surface area contributed by atoms with E-state index in [0.717, 1.165) is 31.4 Å². The first-order valence-corrected chi connectivity index (χ1v) is 5.45. The van der Waals surface area contributed by atoms with E-state index in [1.165, 1.54) is 0 Å². The summed E-state index contributed by atoms with van der Waals surface area (Å²) >= 11 is 0. The van der Waals surface area contributed by atoms with Crippen LogP contribution in [0.1, 0.15) is 30.9 Å². The lowest BCUT2D eigenvalue weighted by atomic mass is 9.77. The molecule has 1 aliphatic rings. The molecule has 0 bridgehead atoms. The molecule has 88 valence electrons. The van der Waals surface area contributed by atoms with E-state index in [0.29, 0.717) is 11.5 Å². The summed E-state index contributed by atoms with van der Waals surface area (Å²) in [6.45, 7) is 0. The largest absolute Gasteiger partial charge is 0.313 e. The molecule has 1 fully saturated rings. The molecule has 0 heterocycles. The Balaban J connectivity index is 2.30. The molecule has 0 aromatic heterocycles. The minimum absolute atomic E-state index is 0.0849. The van der Waals surface area contributed by atoms with Gasteiger partial charge in [0.2, 0.25) is 0 Å². The Bertz CT molecular complexity index is 365. The van der Waals surface area contributed by atoms with Crippen molar-refractivity contribution in [3.05, 3.63) is 35.1 Å².